The molecule has 0 bridgehead atoms. The second kappa shape index (κ2) is 8.08. The third-order valence-electron chi connectivity index (χ3n) is 13.1. The summed E-state index contributed by atoms with van der Waals surface area (Å²) < 4.78 is 5.90. The lowest BCUT2D eigenvalue weighted by molar-refractivity contribution is -0.191. The van der Waals surface area contributed by atoms with E-state index in [0.29, 0.717) is 34.0 Å². The van der Waals surface area contributed by atoms with Crippen molar-refractivity contribution in [2.45, 2.75) is 132 Å². The van der Waals surface area contributed by atoms with Gasteiger partial charge in [0, 0.05) is 12.3 Å². The normalized spacial score (nSPS) is 50.4. The Morgan fingerprint density at radius 2 is 1.51 bits per heavy atom. The predicted molar refractivity (Wildman–Crippen MR) is 142 cm³/mol. The zero-order valence-corrected chi connectivity index (χ0v) is 23.9. The van der Waals surface area contributed by atoms with E-state index in [1.807, 2.05) is 0 Å². The first-order valence-electron chi connectivity index (χ1n) is 14.7. The van der Waals surface area contributed by atoms with Gasteiger partial charge < -0.3 is 9.84 Å². The highest BCUT2D eigenvalue weighted by molar-refractivity contribution is 5.66. The zero-order chi connectivity index (χ0) is 25.6. The van der Waals surface area contributed by atoms with Crippen molar-refractivity contribution >= 4 is 5.97 Å². The summed E-state index contributed by atoms with van der Waals surface area (Å²) in [5, 5.41) is 10.9. The fraction of sp³-hybridized carbons (Fsp3) is 0.906. The average Bonchev–Trinajstić information content (AvgIpc) is 2.90. The van der Waals surface area contributed by atoms with E-state index in [-0.39, 0.29) is 29.0 Å². The van der Waals surface area contributed by atoms with Gasteiger partial charge in [0.25, 0.3) is 0 Å². The van der Waals surface area contributed by atoms with Crippen LogP contribution in [-0.2, 0) is 9.53 Å². The molecule has 4 saturated carbocycles. The molecule has 1 N–H and O–H groups in total. The van der Waals surface area contributed by atoms with E-state index in [1.54, 1.807) is 12.5 Å². The third kappa shape index (κ3) is 3.63. The Kier molecular flexibility index (Phi) is 5.96. The van der Waals surface area contributed by atoms with Crippen molar-refractivity contribution in [2.24, 2.45) is 50.7 Å². The Balaban J connectivity index is 1.47. The molecule has 0 heterocycles. The van der Waals surface area contributed by atoms with Gasteiger partial charge in [-0.3, -0.25) is 4.79 Å². The van der Waals surface area contributed by atoms with Gasteiger partial charge in [0.05, 0.1) is 6.10 Å². The molecular formula is C32H52O3. The van der Waals surface area contributed by atoms with Crippen molar-refractivity contribution in [3.8, 4) is 0 Å². The van der Waals surface area contributed by atoms with Crippen LogP contribution in [0.1, 0.15) is 120 Å². The lowest BCUT2D eigenvalue weighted by atomic mass is 9.42. The molecule has 9 atom stereocenters. The summed E-state index contributed by atoms with van der Waals surface area (Å²) >= 11 is 0. The summed E-state index contributed by atoms with van der Waals surface area (Å²) in [4.78, 5) is 11.9. The van der Waals surface area contributed by atoms with Crippen molar-refractivity contribution in [3.63, 3.8) is 0 Å². The molecule has 0 aromatic heterocycles. The fourth-order valence-electron chi connectivity index (χ4n) is 11.3. The zero-order valence-electron chi connectivity index (χ0n) is 23.9. The number of fused-ring (bicyclic) bond motifs is 6. The molecule has 198 valence electrons. The first kappa shape index (κ1) is 25.8. The summed E-state index contributed by atoms with van der Waals surface area (Å²) in [5.41, 5.74) is 2.76. The van der Waals surface area contributed by atoms with Crippen LogP contribution >= 0.6 is 0 Å². The minimum absolute atomic E-state index is 0.00576. The van der Waals surface area contributed by atoms with E-state index in [9.17, 15) is 9.90 Å². The van der Waals surface area contributed by atoms with Gasteiger partial charge in [-0.1, -0.05) is 60.1 Å². The molecule has 0 radical (unpaired) electrons. The highest BCUT2D eigenvalue weighted by atomic mass is 16.5. The molecule has 35 heavy (non-hydrogen) atoms. The van der Waals surface area contributed by atoms with E-state index < -0.39 is 0 Å². The maximum Gasteiger partial charge on any atom is 0.302 e. The summed E-state index contributed by atoms with van der Waals surface area (Å²) in [6.07, 6.45) is 14.4. The molecule has 5 rings (SSSR count). The number of esters is 1. The molecule has 0 spiro atoms. The number of aliphatic hydroxyl groups excluding tert-OH is 1. The number of ether oxygens (including phenoxy) is 1. The van der Waals surface area contributed by atoms with Crippen LogP contribution in [0.25, 0.3) is 0 Å². The molecule has 0 aromatic carbocycles. The Hall–Kier alpha value is -0.830. The summed E-state index contributed by atoms with van der Waals surface area (Å²) in [5.74, 6) is 2.44. The fourth-order valence-corrected chi connectivity index (χ4v) is 11.3. The van der Waals surface area contributed by atoms with Crippen LogP contribution in [0.2, 0.25) is 0 Å². The van der Waals surface area contributed by atoms with Gasteiger partial charge in [-0.2, -0.15) is 0 Å². The smallest absolute Gasteiger partial charge is 0.302 e. The van der Waals surface area contributed by atoms with Gasteiger partial charge in [0.2, 0.25) is 0 Å². The van der Waals surface area contributed by atoms with Gasteiger partial charge in [-0.05, 0) is 110 Å². The van der Waals surface area contributed by atoms with Gasteiger partial charge in [0.1, 0.15) is 6.10 Å². The average molecular weight is 485 g/mol. The molecule has 5 aliphatic rings. The highest BCUT2D eigenvalue weighted by Crippen LogP contribution is 2.70. The molecule has 3 nitrogen and oxygen atoms in total. The topological polar surface area (TPSA) is 46.5 Å². The van der Waals surface area contributed by atoms with E-state index in [0.717, 1.165) is 25.2 Å². The van der Waals surface area contributed by atoms with E-state index in [1.165, 1.54) is 44.9 Å². The number of rotatable bonds is 1. The largest absolute Gasteiger partial charge is 0.462 e. The molecule has 3 heteroatoms. The Morgan fingerprint density at radius 1 is 0.829 bits per heavy atom. The Labute approximate surface area is 214 Å². The van der Waals surface area contributed by atoms with Gasteiger partial charge in [-0.25, -0.2) is 0 Å². The summed E-state index contributed by atoms with van der Waals surface area (Å²) in [6, 6.07) is 0. The Bertz CT molecular complexity index is 900. The van der Waals surface area contributed by atoms with Gasteiger partial charge in [0.15, 0.2) is 0 Å². The van der Waals surface area contributed by atoms with Crippen molar-refractivity contribution in [1.29, 1.82) is 0 Å². The minimum Gasteiger partial charge on any atom is -0.462 e. The molecule has 0 saturated heterocycles. The van der Waals surface area contributed by atoms with Crippen LogP contribution in [0.5, 0.6) is 0 Å². The predicted octanol–water partition coefficient (Wildman–Crippen LogP) is 7.71. The molecule has 9 unspecified atom stereocenters. The monoisotopic (exact) mass is 484 g/mol. The Morgan fingerprint density at radius 3 is 2.20 bits per heavy atom. The van der Waals surface area contributed by atoms with Crippen LogP contribution in [0.15, 0.2) is 11.6 Å². The van der Waals surface area contributed by atoms with Crippen LogP contribution < -0.4 is 0 Å². The van der Waals surface area contributed by atoms with Crippen LogP contribution in [0.3, 0.4) is 0 Å². The maximum atomic E-state index is 11.9. The second-order valence-corrected chi connectivity index (χ2v) is 15.5. The van der Waals surface area contributed by atoms with E-state index >= 15 is 0 Å². The molecular weight excluding hydrogens is 432 g/mol. The van der Waals surface area contributed by atoms with Crippen LogP contribution in [0.4, 0.5) is 0 Å². The standard InChI is InChI=1S/C32H52O3/c1-20(33)35-27-15-18-32(8)24(29(27,4)5)13-16-30(6)19-21-9-11-23-28(2,3)26(34)14-17-31(23,7)22(21)10-12-25(30)32/h9,22-27,34H,10-19H2,1-8H3. The summed E-state index contributed by atoms with van der Waals surface area (Å²) in [6.45, 7) is 18.8. The highest BCUT2D eigenvalue weighted by Gasteiger charge is 2.63. The van der Waals surface area contributed by atoms with E-state index in [2.05, 4.69) is 54.5 Å². The van der Waals surface area contributed by atoms with Crippen molar-refractivity contribution in [1.82, 2.24) is 0 Å². The molecule has 0 aliphatic heterocycles. The number of aliphatic hydroxyl groups is 1. The third-order valence-corrected chi connectivity index (χ3v) is 13.1. The van der Waals surface area contributed by atoms with Crippen LogP contribution in [-0.4, -0.2) is 23.3 Å². The SMILES string of the molecule is CC(=O)OC1CCC2(C)C3CCC4C(=CCC5C(C)(C)C(O)CCC45C)CC3(C)CCC2C1(C)C. The van der Waals surface area contributed by atoms with Gasteiger partial charge >= 0.3 is 5.97 Å². The molecule has 5 aliphatic carbocycles. The quantitative estimate of drug-likeness (QED) is 0.306. The van der Waals surface area contributed by atoms with E-state index in [4.69, 9.17) is 4.74 Å². The summed E-state index contributed by atoms with van der Waals surface area (Å²) in [7, 11) is 0. The molecule has 0 amide bonds. The lowest BCUT2D eigenvalue weighted by Crippen LogP contribution is -2.59. The molecule has 4 fully saturated rings. The van der Waals surface area contributed by atoms with Crippen molar-refractivity contribution < 1.29 is 14.6 Å². The van der Waals surface area contributed by atoms with Crippen LogP contribution in [0, 0.1) is 50.7 Å². The van der Waals surface area contributed by atoms with Crippen molar-refractivity contribution in [3.05, 3.63) is 11.6 Å². The second-order valence-electron chi connectivity index (χ2n) is 15.5. The number of carbonyl (C=O) groups excluding carboxylic acids is 1. The first-order chi connectivity index (χ1) is 16.2. The maximum absolute atomic E-state index is 11.9. The van der Waals surface area contributed by atoms with Gasteiger partial charge in [-0.15, -0.1) is 0 Å². The molecule has 0 aromatic rings. The number of carbonyl (C=O) groups is 1. The number of hydrogen-bond acceptors (Lipinski definition) is 3. The number of allylic oxidation sites excluding steroid dienone is 2. The lowest BCUT2D eigenvalue weighted by Gasteiger charge is -2.64. The number of hydrogen-bond donors (Lipinski definition) is 1. The van der Waals surface area contributed by atoms with Crippen molar-refractivity contribution in [2.75, 3.05) is 0 Å². The minimum atomic E-state index is -0.171. The first-order valence-corrected chi connectivity index (χ1v) is 14.7.